The van der Waals surface area contributed by atoms with Crippen LogP contribution in [0.15, 0.2) is 12.7 Å². The quantitative estimate of drug-likeness (QED) is 0.127. The SMILES string of the molecule is Nc1ncnc2c1ncn2[C@@H]1O[C@H](COP(=O)(O)CP(=O)(O)OC2OC(CO)[C@@H](O)[C@H](O)C2O)C(O)[C@@H]1O. The number of aromatic nitrogens is 4. The molecule has 4 heterocycles. The van der Waals surface area contributed by atoms with E-state index in [2.05, 4.69) is 15.0 Å². The molecule has 0 aromatic carbocycles. The normalized spacial score (nSPS) is 37.2. The molecule has 0 bridgehead atoms. The molecule has 19 nitrogen and oxygen atoms in total. The van der Waals surface area contributed by atoms with E-state index in [-0.39, 0.29) is 17.0 Å². The van der Waals surface area contributed by atoms with Crippen LogP contribution in [-0.4, -0.2) is 128 Å². The van der Waals surface area contributed by atoms with Crippen LogP contribution in [0, 0.1) is 0 Å². The highest BCUT2D eigenvalue weighted by Gasteiger charge is 2.49. The molecule has 38 heavy (non-hydrogen) atoms. The average Bonchev–Trinajstić information content (AvgIpc) is 3.39. The molecule has 2 aromatic heterocycles. The lowest BCUT2D eigenvalue weighted by Crippen LogP contribution is -2.58. The number of hydrogen-bond acceptors (Lipinski definition) is 16. The van der Waals surface area contributed by atoms with Gasteiger partial charge in [0.2, 0.25) is 0 Å². The van der Waals surface area contributed by atoms with E-state index in [1.54, 1.807) is 0 Å². The zero-order valence-electron chi connectivity index (χ0n) is 19.3. The van der Waals surface area contributed by atoms with Gasteiger partial charge in [-0.2, -0.15) is 0 Å². The molecule has 2 aliphatic rings. The number of rotatable bonds is 9. The van der Waals surface area contributed by atoms with Gasteiger partial charge in [0.1, 0.15) is 54.6 Å². The Morgan fingerprint density at radius 1 is 0.921 bits per heavy atom. The van der Waals surface area contributed by atoms with E-state index in [9.17, 15) is 49.6 Å². The van der Waals surface area contributed by atoms with Gasteiger partial charge in [0.05, 0.1) is 19.5 Å². The van der Waals surface area contributed by atoms with Crippen LogP contribution in [0.25, 0.3) is 11.2 Å². The number of anilines is 1. The fourth-order valence-corrected chi connectivity index (χ4v) is 7.24. The van der Waals surface area contributed by atoms with Crippen LogP contribution >= 0.6 is 15.2 Å². The number of fused-ring (bicyclic) bond motifs is 1. The number of nitrogen functional groups attached to an aromatic ring is 1. The van der Waals surface area contributed by atoms with E-state index in [1.165, 1.54) is 10.9 Å². The molecule has 21 heteroatoms. The average molecular weight is 587 g/mol. The summed E-state index contributed by atoms with van der Waals surface area (Å²) in [4.78, 5) is 32.0. The van der Waals surface area contributed by atoms with E-state index in [0.717, 1.165) is 6.33 Å². The summed E-state index contributed by atoms with van der Waals surface area (Å²) >= 11 is 0. The number of ether oxygens (including phenoxy) is 2. The molecular weight excluding hydrogens is 560 g/mol. The van der Waals surface area contributed by atoms with Gasteiger partial charge in [-0.1, -0.05) is 0 Å². The van der Waals surface area contributed by atoms with Gasteiger partial charge < -0.3 is 60.2 Å². The van der Waals surface area contributed by atoms with E-state index in [0.29, 0.717) is 0 Å². The van der Waals surface area contributed by atoms with E-state index < -0.39 is 89.6 Å². The molecule has 10 N–H and O–H groups in total. The Balaban J connectivity index is 1.38. The Kier molecular flexibility index (Phi) is 8.54. The van der Waals surface area contributed by atoms with Gasteiger partial charge in [-0.05, 0) is 0 Å². The van der Waals surface area contributed by atoms with Crippen molar-refractivity contribution in [2.45, 2.75) is 55.2 Å². The van der Waals surface area contributed by atoms with Gasteiger partial charge in [0, 0.05) is 0 Å². The van der Waals surface area contributed by atoms with Crippen LogP contribution < -0.4 is 5.73 Å². The third kappa shape index (κ3) is 5.91. The van der Waals surface area contributed by atoms with Crippen molar-refractivity contribution in [3.63, 3.8) is 0 Å². The summed E-state index contributed by atoms with van der Waals surface area (Å²) in [5.41, 5.74) is 6.11. The molecule has 0 aliphatic carbocycles. The topological polar surface area (TPSA) is 303 Å². The predicted octanol–water partition coefficient (Wildman–Crippen LogP) is -3.81. The highest BCUT2D eigenvalue weighted by atomic mass is 31.2. The summed E-state index contributed by atoms with van der Waals surface area (Å²) in [6, 6.07) is 0. The Bertz CT molecular complexity index is 1230. The Morgan fingerprint density at radius 3 is 2.29 bits per heavy atom. The van der Waals surface area contributed by atoms with E-state index in [1.807, 2.05) is 0 Å². The van der Waals surface area contributed by atoms with Crippen molar-refractivity contribution in [3.05, 3.63) is 12.7 Å². The van der Waals surface area contributed by atoms with Crippen molar-refractivity contribution in [3.8, 4) is 0 Å². The smallest absolute Gasteiger partial charge is 0.342 e. The molecule has 0 radical (unpaired) electrons. The van der Waals surface area contributed by atoms with Gasteiger partial charge in [0.25, 0.3) is 0 Å². The van der Waals surface area contributed by atoms with Gasteiger partial charge in [-0.25, -0.2) is 15.0 Å². The summed E-state index contributed by atoms with van der Waals surface area (Å²) in [5.74, 6) is -1.45. The second-order valence-corrected chi connectivity index (χ2v) is 12.8. The molecule has 11 atom stereocenters. The fourth-order valence-electron chi connectivity index (χ4n) is 3.96. The first-order valence-corrected chi connectivity index (χ1v) is 14.5. The van der Waals surface area contributed by atoms with Gasteiger partial charge in [-0.3, -0.25) is 18.2 Å². The lowest BCUT2D eigenvalue weighted by molar-refractivity contribution is -0.278. The molecular formula is C17H27N5O14P2. The number of imidazole rings is 1. The molecule has 4 rings (SSSR count). The number of hydrogen-bond donors (Lipinski definition) is 9. The van der Waals surface area contributed by atoms with Gasteiger partial charge in [-0.15, -0.1) is 0 Å². The fraction of sp³-hybridized carbons (Fsp3) is 0.706. The van der Waals surface area contributed by atoms with Crippen molar-refractivity contribution in [1.82, 2.24) is 19.5 Å². The summed E-state index contributed by atoms with van der Waals surface area (Å²) in [6.45, 7) is -1.65. The predicted molar refractivity (Wildman–Crippen MR) is 121 cm³/mol. The monoisotopic (exact) mass is 587 g/mol. The molecule has 2 aromatic rings. The molecule has 0 spiro atoms. The summed E-state index contributed by atoms with van der Waals surface area (Å²) in [6.07, 6.45) is -12.6. The molecule has 2 fully saturated rings. The van der Waals surface area contributed by atoms with Crippen LogP contribution in [-0.2, 0) is 27.7 Å². The summed E-state index contributed by atoms with van der Waals surface area (Å²) in [7, 11) is -10.0. The van der Waals surface area contributed by atoms with Crippen LogP contribution in [0.2, 0.25) is 0 Å². The molecule has 2 saturated heterocycles. The van der Waals surface area contributed by atoms with Crippen LogP contribution in [0.3, 0.4) is 0 Å². The summed E-state index contributed by atoms with van der Waals surface area (Å²) in [5, 5.41) is 59.5. The first-order chi connectivity index (χ1) is 17.7. The van der Waals surface area contributed by atoms with E-state index in [4.69, 9.17) is 24.3 Å². The Hall–Kier alpha value is -1.67. The number of aliphatic hydroxyl groups excluding tert-OH is 6. The lowest BCUT2D eigenvalue weighted by Gasteiger charge is -2.39. The molecule has 0 saturated carbocycles. The molecule has 0 amide bonds. The van der Waals surface area contributed by atoms with Crippen molar-refractivity contribution in [2.75, 3.05) is 24.9 Å². The standard InChI is InChI=1S/C17H27N5O14P2/c18-14-8-15(20-3-19-14)22(4-21-8)16-12(27)10(25)7(34-16)2-33-37(29,30)5-38(31,32)36-17-13(28)11(26)9(24)6(1-23)35-17/h3-4,6-7,9-13,16-17,23-28H,1-2,5H2,(H,29,30)(H,31,32)(H2,18,19,20)/t6?,7-,9-,10?,11+,12+,13?,16-,17?/m1/s1. The third-order valence-electron chi connectivity index (χ3n) is 5.91. The van der Waals surface area contributed by atoms with Crippen molar-refractivity contribution in [1.29, 1.82) is 0 Å². The van der Waals surface area contributed by atoms with Crippen LogP contribution in [0.4, 0.5) is 5.82 Å². The second-order valence-electron chi connectivity index (χ2n) is 8.64. The summed E-state index contributed by atoms with van der Waals surface area (Å²) < 4.78 is 46.3. The molecule has 6 unspecified atom stereocenters. The minimum absolute atomic E-state index is 0.0576. The number of aliphatic hydroxyl groups is 6. The second kappa shape index (κ2) is 11.1. The number of nitrogens with zero attached hydrogens (tertiary/aromatic N) is 4. The minimum atomic E-state index is -5.06. The minimum Gasteiger partial charge on any atom is -0.394 e. The highest BCUT2D eigenvalue weighted by Crippen LogP contribution is 2.59. The zero-order chi connectivity index (χ0) is 28.0. The van der Waals surface area contributed by atoms with Crippen LogP contribution in [0.1, 0.15) is 6.23 Å². The Labute approximate surface area is 213 Å². The van der Waals surface area contributed by atoms with Gasteiger partial charge in [0.15, 0.2) is 29.9 Å². The molecule has 214 valence electrons. The van der Waals surface area contributed by atoms with Gasteiger partial charge >= 0.3 is 15.2 Å². The first-order valence-electron chi connectivity index (χ1n) is 11.0. The van der Waals surface area contributed by atoms with Crippen molar-refractivity contribution < 1.29 is 68.1 Å². The first kappa shape index (κ1) is 29.3. The molecule has 2 aliphatic heterocycles. The highest BCUT2D eigenvalue weighted by molar-refractivity contribution is 7.70. The maximum atomic E-state index is 12.5. The number of nitrogens with two attached hydrogens (primary N) is 1. The zero-order valence-corrected chi connectivity index (χ0v) is 21.0. The van der Waals surface area contributed by atoms with Crippen molar-refractivity contribution >= 4 is 32.2 Å². The maximum absolute atomic E-state index is 12.5. The van der Waals surface area contributed by atoms with Crippen LogP contribution in [0.5, 0.6) is 0 Å². The largest absolute Gasteiger partial charge is 0.394 e. The lowest BCUT2D eigenvalue weighted by atomic mass is 10.00. The third-order valence-corrected chi connectivity index (χ3v) is 9.86. The Morgan fingerprint density at radius 2 is 1.61 bits per heavy atom. The van der Waals surface area contributed by atoms with Crippen molar-refractivity contribution in [2.24, 2.45) is 0 Å². The van der Waals surface area contributed by atoms with E-state index >= 15 is 0 Å². The maximum Gasteiger partial charge on any atom is 0.342 e.